The van der Waals surface area contributed by atoms with Gasteiger partial charge in [-0.3, -0.25) is 18.7 Å². The number of benzene rings is 1. The largest absolute Gasteiger partial charge is 0.497 e. The Morgan fingerprint density at radius 3 is 2.68 bits per heavy atom. The first kappa shape index (κ1) is 21.6. The van der Waals surface area contributed by atoms with Crippen molar-refractivity contribution in [2.75, 3.05) is 7.11 Å². The zero-order valence-electron chi connectivity index (χ0n) is 18.4. The van der Waals surface area contributed by atoms with Gasteiger partial charge in [-0.1, -0.05) is 5.16 Å². The van der Waals surface area contributed by atoms with E-state index in [4.69, 9.17) is 4.74 Å². The quantitative estimate of drug-likeness (QED) is 0.209. The summed E-state index contributed by atoms with van der Waals surface area (Å²) in [5.74, 6) is 1.19. The first-order valence-electron chi connectivity index (χ1n) is 10.5. The van der Waals surface area contributed by atoms with E-state index in [9.17, 15) is 14.8 Å². The summed E-state index contributed by atoms with van der Waals surface area (Å²) in [6.45, 7) is 2.20. The van der Waals surface area contributed by atoms with Crippen LogP contribution in [0.4, 0.5) is 0 Å². The number of thiazole rings is 1. The zero-order chi connectivity index (χ0) is 23.8. The third-order valence-electron chi connectivity index (χ3n) is 5.62. The molecule has 34 heavy (non-hydrogen) atoms. The number of rotatable bonds is 7. The monoisotopic (exact) mass is 479 g/mol. The van der Waals surface area contributed by atoms with Crippen molar-refractivity contribution in [1.29, 1.82) is 0 Å². The van der Waals surface area contributed by atoms with Crippen molar-refractivity contribution in [2.24, 2.45) is 5.16 Å². The average molecular weight is 480 g/mol. The van der Waals surface area contributed by atoms with Gasteiger partial charge in [-0.05, 0) is 31.2 Å². The minimum Gasteiger partial charge on any atom is -0.497 e. The first-order chi connectivity index (χ1) is 16.5. The van der Waals surface area contributed by atoms with Crippen LogP contribution in [0.5, 0.6) is 5.75 Å². The molecule has 0 unspecified atom stereocenters. The van der Waals surface area contributed by atoms with Crippen molar-refractivity contribution in [3.8, 4) is 5.75 Å². The molecule has 0 amide bonds. The van der Waals surface area contributed by atoms with Crippen LogP contribution < -0.4 is 16.0 Å². The Morgan fingerprint density at radius 1 is 1.21 bits per heavy atom. The van der Waals surface area contributed by atoms with Crippen LogP contribution in [-0.4, -0.2) is 46.5 Å². The van der Waals surface area contributed by atoms with E-state index in [1.807, 2.05) is 22.2 Å². The van der Waals surface area contributed by atoms with Crippen LogP contribution >= 0.6 is 11.3 Å². The fourth-order valence-corrected chi connectivity index (χ4v) is 4.67. The molecule has 0 aliphatic carbocycles. The van der Waals surface area contributed by atoms with Gasteiger partial charge in [-0.25, -0.2) is 14.8 Å². The number of aromatic nitrogens is 6. The summed E-state index contributed by atoms with van der Waals surface area (Å²) in [5.41, 5.74) is 1.16. The second-order valence-corrected chi connectivity index (χ2v) is 8.44. The van der Waals surface area contributed by atoms with E-state index in [2.05, 4.69) is 20.1 Å². The van der Waals surface area contributed by atoms with Gasteiger partial charge in [0.2, 0.25) is 0 Å². The highest BCUT2D eigenvalue weighted by Crippen LogP contribution is 2.19. The van der Waals surface area contributed by atoms with Gasteiger partial charge in [-0.15, -0.1) is 11.3 Å². The summed E-state index contributed by atoms with van der Waals surface area (Å²) in [5, 5.41) is 15.2. The molecular formula is C22H21N7O4S. The number of hydrogen-bond donors (Lipinski definition) is 2. The molecule has 0 spiro atoms. The van der Waals surface area contributed by atoms with Crippen LogP contribution in [0.2, 0.25) is 0 Å². The summed E-state index contributed by atoms with van der Waals surface area (Å²) in [6, 6.07) is 7.05. The minimum atomic E-state index is -0.554. The molecule has 0 aliphatic heterocycles. The Kier molecular flexibility index (Phi) is 5.49. The molecule has 11 nitrogen and oxygen atoms in total. The highest BCUT2D eigenvalue weighted by Gasteiger charge is 2.21. The lowest BCUT2D eigenvalue weighted by Gasteiger charge is -2.11. The lowest BCUT2D eigenvalue weighted by molar-refractivity contribution is 0.317. The SMILES string of the molecule is CCn1c(=O)[nH]c(=O)c2c1nc(Cc1cn3ccsc3n1)n2C/C(=N/O)c1ccc(OC)cc1. The van der Waals surface area contributed by atoms with Gasteiger partial charge in [-0.2, -0.15) is 0 Å². The standard InChI is InChI=1S/C22H21N7O4S/c1-3-28-19-18(20(30)25-21(28)31)29(12-16(26-32)13-4-6-15(33-2)7-5-13)17(24-19)10-14-11-27-8-9-34-22(27)23-14/h4-9,11,32H,3,10,12H2,1-2H3,(H,25,30,31)/b26-16-. The third-order valence-corrected chi connectivity index (χ3v) is 6.39. The molecule has 5 rings (SSSR count). The summed E-state index contributed by atoms with van der Waals surface area (Å²) in [7, 11) is 1.57. The summed E-state index contributed by atoms with van der Waals surface area (Å²) >= 11 is 1.51. The second kappa shape index (κ2) is 8.63. The van der Waals surface area contributed by atoms with Crippen molar-refractivity contribution >= 4 is 33.2 Å². The predicted molar refractivity (Wildman–Crippen MR) is 127 cm³/mol. The first-order valence-corrected chi connectivity index (χ1v) is 11.4. The number of nitrogens with one attached hydrogen (secondary N) is 1. The summed E-state index contributed by atoms with van der Waals surface area (Å²) in [6.07, 6.45) is 4.14. The maximum Gasteiger partial charge on any atom is 0.330 e. The van der Waals surface area contributed by atoms with E-state index < -0.39 is 11.2 Å². The van der Waals surface area contributed by atoms with Gasteiger partial charge in [0.1, 0.15) is 17.3 Å². The fraction of sp³-hybridized carbons (Fsp3) is 0.227. The number of fused-ring (bicyclic) bond motifs is 2. The molecule has 0 radical (unpaired) electrons. The predicted octanol–water partition coefficient (Wildman–Crippen LogP) is 2.09. The molecule has 2 N–H and O–H groups in total. The van der Waals surface area contributed by atoms with E-state index in [-0.39, 0.29) is 17.7 Å². The zero-order valence-corrected chi connectivity index (χ0v) is 19.2. The van der Waals surface area contributed by atoms with Gasteiger partial charge in [0.05, 0.1) is 19.3 Å². The molecule has 5 aromatic rings. The number of hydrogen-bond acceptors (Lipinski definition) is 8. The van der Waals surface area contributed by atoms with Crippen molar-refractivity contribution in [2.45, 2.75) is 26.4 Å². The van der Waals surface area contributed by atoms with Crippen molar-refractivity contribution in [3.63, 3.8) is 0 Å². The van der Waals surface area contributed by atoms with Crippen LogP contribution in [0.15, 0.2) is 56.8 Å². The second-order valence-electron chi connectivity index (χ2n) is 7.57. The molecular weight excluding hydrogens is 458 g/mol. The Labute approximate surface area is 196 Å². The fourth-order valence-electron chi connectivity index (χ4n) is 3.95. The normalized spacial score (nSPS) is 12.1. The van der Waals surface area contributed by atoms with Crippen LogP contribution in [0.3, 0.4) is 0 Å². The molecule has 4 aromatic heterocycles. The maximum absolute atomic E-state index is 12.9. The highest BCUT2D eigenvalue weighted by molar-refractivity contribution is 7.15. The molecule has 174 valence electrons. The van der Waals surface area contributed by atoms with Crippen molar-refractivity contribution in [3.05, 3.63) is 80.0 Å². The third kappa shape index (κ3) is 3.67. The number of oxime groups is 1. The van der Waals surface area contributed by atoms with Crippen molar-refractivity contribution in [1.82, 2.24) is 28.5 Å². The summed E-state index contributed by atoms with van der Waals surface area (Å²) < 4.78 is 10.2. The number of nitrogens with zero attached hydrogens (tertiary/aromatic N) is 6. The number of methoxy groups -OCH3 is 1. The lowest BCUT2D eigenvalue weighted by Crippen LogP contribution is -2.31. The Balaban J connectivity index is 1.65. The topological polar surface area (TPSA) is 132 Å². The van der Waals surface area contributed by atoms with Crippen LogP contribution in [0.25, 0.3) is 16.1 Å². The van der Waals surface area contributed by atoms with Gasteiger partial charge >= 0.3 is 5.69 Å². The van der Waals surface area contributed by atoms with E-state index in [0.717, 1.165) is 10.7 Å². The van der Waals surface area contributed by atoms with E-state index in [0.29, 0.717) is 35.8 Å². The number of aromatic amines is 1. The molecule has 0 fully saturated rings. The Morgan fingerprint density at radius 2 is 2.00 bits per heavy atom. The molecule has 1 aromatic carbocycles. The maximum atomic E-state index is 12.9. The highest BCUT2D eigenvalue weighted by atomic mass is 32.1. The molecule has 0 aliphatic rings. The number of imidazole rings is 2. The van der Waals surface area contributed by atoms with Gasteiger partial charge in [0, 0.05) is 36.3 Å². The van der Waals surface area contributed by atoms with Crippen molar-refractivity contribution < 1.29 is 9.94 Å². The molecule has 0 saturated carbocycles. The molecule has 0 atom stereocenters. The van der Waals surface area contributed by atoms with Crippen LogP contribution in [0, 0.1) is 0 Å². The molecule has 4 heterocycles. The van der Waals surface area contributed by atoms with Gasteiger partial charge in [0.15, 0.2) is 16.1 Å². The minimum absolute atomic E-state index is 0.0574. The van der Waals surface area contributed by atoms with Crippen LogP contribution in [-0.2, 0) is 19.5 Å². The Bertz CT molecular complexity index is 1610. The number of H-pyrrole nitrogens is 1. The molecule has 12 heteroatoms. The Hall–Kier alpha value is -4.19. The lowest BCUT2D eigenvalue weighted by atomic mass is 10.1. The van der Waals surface area contributed by atoms with E-state index in [1.165, 1.54) is 15.9 Å². The smallest absolute Gasteiger partial charge is 0.330 e. The average Bonchev–Trinajstić information content (AvgIpc) is 3.52. The molecule has 0 saturated heterocycles. The van der Waals surface area contributed by atoms with Gasteiger partial charge < -0.3 is 14.5 Å². The van der Waals surface area contributed by atoms with Crippen LogP contribution in [0.1, 0.15) is 24.0 Å². The van der Waals surface area contributed by atoms with E-state index >= 15 is 0 Å². The summed E-state index contributed by atoms with van der Waals surface area (Å²) in [4.78, 5) is 37.7. The van der Waals surface area contributed by atoms with Gasteiger partial charge in [0.25, 0.3) is 5.56 Å². The number of ether oxygens (including phenoxy) is 1. The molecule has 0 bridgehead atoms. The number of aryl methyl sites for hydroxylation is 1. The van der Waals surface area contributed by atoms with E-state index in [1.54, 1.807) is 42.9 Å².